The summed E-state index contributed by atoms with van der Waals surface area (Å²) < 4.78 is 5.45. The molecule has 0 saturated heterocycles. The van der Waals surface area contributed by atoms with Crippen LogP contribution in [0.25, 0.3) is 0 Å². The van der Waals surface area contributed by atoms with Gasteiger partial charge in [0, 0.05) is 5.56 Å². The summed E-state index contributed by atoms with van der Waals surface area (Å²) in [5.74, 6) is 0.291. The van der Waals surface area contributed by atoms with E-state index in [2.05, 4.69) is 0 Å². The van der Waals surface area contributed by atoms with Gasteiger partial charge in [-0.15, -0.1) is 0 Å². The first-order chi connectivity index (χ1) is 8.68. The number of fused-ring (bicyclic) bond motifs is 1. The van der Waals surface area contributed by atoms with Crippen molar-refractivity contribution in [3.8, 4) is 5.75 Å². The first kappa shape index (κ1) is 11.0. The fraction of sp³-hybridized carbons (Fsp3) is 0.188. The van der Waals surface area contributed by atoms with Crippen molar-refractivity contribution < 1.29 is 9.53 Å². The predicted octanol–water partition coefficient (Wildman–Crippen LogP) is 3.35. The van der Waals surface area contributed by atoms with E-state index >= 15 is 0 Å². The van der Waals surface area contributed by atoms with E-state index in [0.717, 1.165) is 28.0 Å². The number of carbonyl (C=O) groups excluding carboxylic acids is 1. The van der Waals surface area contributed by atoms with Gasteiger partial charge in [0.1, 0.15) is 11.7 Å². The SMILES string of the molecule is Cc1ccc2c(c1C)OC(=O)C2c1ccccc1. The molecule has 0 aromatic heterocycles. The molecule has 1 aliphatic heterocycles. The molecule has 0 saturated carbocycles. The standard InChI is InChI=1S/C16H14O2/c1-10-8-9-13-14(12-6-4-3-5-7-12)16(17)18-15(13)11(10)2/h3-9,14H,1-2H3. The van der Waals surface area contributed by atoms with Crippen LogP contribution in [0.15, 0.2) is 42.5 Å². The fourth-order valence-electron chi connectivity index (χ4n) is 2.42. The molecule has 0 bridgehead atoms. The molecule has 2 aromatic carbocycles. The van der Waals surface area contributed by atoms with Crippen LogP contribution >= 0.6 is 0 Å². The highest BCUT2D eigenvalue weighted by molar-refractivity contribution is 5.90. The summed E-state index contributed by atoms with van der Waals surface area (Å²) in [6.07, 6.45) is 0. The van der Waals surface area contributed by atoms with Crippen molar-refractivity contribution in [2.75, 3.05) is 0 Å². The van der Waals surface area contributed by atoms with Crippen LogP contribution < -0.4 is 4.74 Å². The van der Waals surface area contributed by atoms with Crippen LogP contribution in [0.1, 0.15) is 28.2 Å². The molecule has 1 unspecified atom stereocenters. The molecular weight excluding hydrogens is 224 g/mol. The normalized spacial score (nSPS) is 17.4. The molecule has 0 fully saturated rings. The zero-order valence-electron chi connectivity index (χ0n) is 10.4. The van der Waals surface area contributed by atoms with Crippen LogP contribution in [0.5, 0.6) is 5.75 Å². The second-order valence-corrected chi connectivity index (χ2v) is 4.69. The third kappa shape index (κ3) is 1.53. The Morgan fingerprint density at radius 3 is 2.44 bits per heavy atom. The molecule has 0 amide bonds. The highest BCUT2D eigenvalue weighted by Crippen LogP contribution is 2.41. The van der Waals surface area contributed by atoms with Gasteiger partial charge in [0.05, 0.1) is 0 Å². The Kier molecular flexibility index (Phi) is 2.44. The van der Waals surface area contributed by atoms with Gasteiger partial charge < -0.3 is 4.74 Å². The number of rotatable bonds is 1. The lowest BCUT2D eigenvalue weighted by Gasteiger charge is -2.08. The number of esters is 1. The third-order valence-electron chi connectivity index (χ3n) is 3.59. The van der Waals surface area contributed by atoms with Gasteiger partial charge >= 0.3 is 5.97 Å². The van der Waals surface area contributed by atoms with Crippen molar-refractivity contribution in [3.05, 3.63) is 64.7 Å². The molecule has 1 atom stereocenters. The van der Waals surface area contributed by atoms with E-state index in [1.165, 1.54) is 0 Å². The average molecular weight is 238 g/mol. The van der Waals surface area contributed by atoms with Crippen LogP contribution in [-0.4, -0.2) is 5.97 Å². The largest absolute Gasteiger partial charge is 0.425 e. The fourth-order valence-corrected chi connectivity index (χ4v) is 2.42. The van der Waals surface area contributed by atoms with Crippen molar-refractivity contribution >= 4 is 5.97 Å². The highest BCUT2D eigenvalue weighted by atomic mass is 16.5. The summed E-state index contributed by atoms with van der Waals surface area (Å²) in [6, 6.07) is 13.8. The lowest BCUT2D eigenvalue weighted by atomic mass is 9.91. The summed E-state index contributed by atoms with van der Waals surface area (Å²) in [5.41, 5.74) is 4.17. The molecule has 0 spiro atoms. The van der Waals surface area contributed by atoms with Crippen molar-refractivity contribution in [1.82, 2.24) is 0 Å². The molecule has 1 aliphatic rings. The third-order valence-corrected chi connectivity index (χ3v) is 3.59. The molecule has 0 N–H and O–H groups in total. The van der Waals surface area contributed by atoms with E-state index in [9.17, 15) is 4.79 Å². The first-order valence-corrected chi connectivity index (χ1v) is 6.05. The molecule has 0 radical (unpaired) electrons. The van der Waals surface area contributed by atoms with Gasteiger partial charge in [-0.1, -0.05) is 42.5 Å². The van der Waals surface area contributed by atoms with Gasteiger partial charge in [0.15, 0.2) is 0 Å². The van der Waals surface area contributed by atoms with E-state index in [1.807, 2.05) is 56.3 Å². The molecule has 18 heavy (non-hydrogen) atoms. The summed E-state index contributed by atoms with van der Waals surface area (Å²) in [5, 5.41) is 0. The number of carbonyl (C=O) groups is 1. The lowest BCUT2D eigenvalue weighted by Crippen LogP contribution is -2.11. The van der Waals surface area contributed by atoms with Crippen molar-refractivity contribution in [2.45, 2.75) is 19.8 Å². The van der Waals surface area contributed by atoms with Crippen molar-refractivity contribution in [1.29, 1.82) is 0 Å². The smallest absolute Gasteiger partial charge is 0.323 e. The van der Waals surface area contributed by atoms with Crippen molar-refractivity contribution in [2.24, 2.45) is 0 Å². The Labute approximate surface area is 106 Å². The molecule has 90 valence electrons. The minimum Gasteiger partial charge on any atom is -0.425 e. The number of ether oxygens (including phenoxy) is 1. The second-order valence-electron chi connectivity index (χ2n) is 4.69. The van der Waals surface area contributed by atoms with Crippen LogP contribution in [0, 0.1) is 13.8 Å². The second kappa shape index (κ2) is 3.98. The zero-order chi connectivity index (χ0) is 12.7. The maximum Gasteiger partial charge on any atom is 0.323 e. The molecular formula is C16H14O2. The Bertz CT molecular complexity index is 614. The molecule has 2 heteroatoms. The van der Waals surface area contributed by atoms with Crippen LogP contribution in [0.4, 0.5) is 0 Å². The van der Waals surface area contributed by atoms with Gasteiger partial charge in [-0.2, -0.15) is 0 Å². The van der Waals surface area contributed by atoms with E-state index < -0.39 is 0 Å². The van der Waals surface area contributed by atoms with Gasteiger partial charge in [-0.3, -0.25) is 4.79 Å². The monoisotopic (exact) mass is 238 g/mol. The van der Waals surface area contributed by atoms with Crippen LogP contribution in [0.3, 0.4) is 0 Å². The Morgan fingerprint density at radius 1 is 1.00 bits per heavy atom. The predicted molar refractivity (Wildman–Crippen MR) is 69.8 cm³/mol. The number of hydrogen-bond donors (Lipinski definition) is 0. The van der Waals surface area contributed by atoms with E-state index in [4.69, 9.17) is 4.74 Å². The zero-order valence-corrected chi connectivity index (χ0v) is 10.4. The quantitative estimate of drug-likeness (QED) is 0.562. The number of aryl methyl sites for hydroxylation is 1. The minimum absolute atomic E-state index is 0.176. The van der Waals surface area contributed by atoms with E-state index in [0.29, 0.717) is 0 Å². The Balaban J connectivity index is 2.16. The van der Waals surface area contributed by atoms with Crippen LogP contribution in [0.2, 0.25) is 0 Å². The van der Waals surface area contributed by atoms with E-state index in [1.54, 1.807) is 0 Å². The maximum atomic E-state index is 12.1. The Morgan fingerprint density at radius 2 is 1.72 bits per heavy atom. The number of hydrogen-bond acceptors (Lipinski definition) is 2. The molecule has 3 rings (SSSR count). The molecule has 2 nitrogen and oxygen atoms in total. The maximum absolute atomic E-state index is 12.1. The first-order valence-electron chi connectivity index (χ1n) is 6.05. The van der Waals surface area contributed by atoms with Gasteiger partial charge in [-0.05, 0) is 30.5 Å². The molecule has 2 aromatic rings. The number of benzene rings is 2. The van der Waals surface area contributed by atoms with E-state index in [-0.39, 0.29) is 11.9 Å². The highest BCUT2D eigenvalue weighted by Gasteiger charge is 2.35. The topological polar surface area (TPSA) is 26.3 Å². The molecule has 0 aliphatic carbocycles. The lowest BCUT2D eigenvalue weighted by molar-refractivity contribution is -0.133. The summed E-state index contributed by atoms with van der Waals surface area (Å²) >= 11 is 0. The van der Waals surface area contributed by atoms with Crippen LogP contribution in [-0.2, 0) is 4.79 Å². The molecule has 1 heterocycles. The van der Waals surface area contributed by atoms with Gasteiger partial charge in [0.25, 0.3) is 0 Å². The van der Waals surface area contributed by atoms with Gasteiger partial charge in [0.2, 0.25) is 0 Å². The Hall–Kier alpha value is -2.09. The minimum atomic E-state index is -0.277. The van der Waals surface area contributed by atoms with Crippen molar-refractivity contribution in [3.63, 3.8) is 0 Å². The summed E-state index contributed by atoms with van der Waals surface area (Å²) in [4.78, 5) is 12.1. The average Bonchev–Trinajstić information content (AvgIpc) is 2.72. The summed E-state index contributed by atoms with van der Waals surface area (Å²) in [6.45, 7) is 4.02. The summed E-state index contributed by atoms with van der Waals surface area (Å²) in [7, 11) is 0. The van der Waals surface area contributed by atoms with Gasteiger partial charge in [-0.25, -0.2) is 0 Å².